The molecule has 0 saturated heterocycles. The number of carbonyl (C=O) groups excluding carboxylic acids is 1. The third-order valence-corrected chi connectivity index (χ3v) is 4.34. The molecule has 2 N–H and O–H groups in total. The quantitative estimate of drug-likeness (QED) is 0.695. The van der Waals surface area contributed by atoms with Crippen molar-refractivity contribution in [2.45, 2.75) is 19.5 Å². The molecule has 3 aromatic carbocycles. The molecule has 1 amide bonds. The van der Waals surface area contributed by atoms with Crippen molar-refractivity contribution in [3.63, 3.8) is 0 Å². The van der Waals surface area contributed by atoms with Gasteiger partial charge in [-0.15, -0.1) is 0 Å². The van der Waals surface area contributed by atoms with Gasteiger partial charge >= 0.3 is 0 Å². The highest BCUT2D eigenvalue weighted by molar-refractivity contribution is 5.96. The zero-order valence-electron chi connectivity index (χ0n) is 14.3. The molecule has 0 aliphatic heterocycles. The Morgan fingerprint density at radius 1 is 1.04 bits per heavy atom. The largest absolute Gasteiger partial charge is 0.387 e. The fourth-order valence-electron chi connectivity index (χ4n) is 3.06. The summed E-state index contributed by atoms with van der Waals surface area (Å²) < 4.78 is 0. The first-order valence-electron chi connectivity index (χ1n) is 8.41. The number of benzene rings is 3. The fraction of sp³-hybridized carbons (Fsp3) is 0.136. The molecule has 3 rings (SSSR count). The Bertz CT molecular complexity index is 896. The number of nitrogens with one attached hydrogen (secondary N) is 2. The molecule has 25 heavy (non-hydrogen) atoms. The first kappa shape index (κ1) is 16.8. The maximum Gasteiger partial charge on any atom is 0.252 e. The van der Waals surface area contributed by atoms with Gasteiger partial charge in [0.2, 0.25) is 0 Å². The predicted octanol–water partition coefficient (Wildman–Crippen LogP) is 4.56. The average molecular weight is 330 g/mol. The minimum atomic E-state index is -0.0842. The van der Waals surface area contributed by atoms with Crippen molar-refractivity contribution in [3.05, 3.63) is 96.2 Å². The Morgan fingerprint density at radius 2 is 1.76 bits per heavy atom. The van der Waals surface area contributed by atoms with Crippen LogP contribution in [0.1, 0.15) is 34.5 Å². The van der Waals surface area contributed by atoms with Gasteiger partial charge in [-0.1, -0.05) is 67.2 Å². The number of fused-ring (bicyclic) bond motifs is 1. The Balaban J connectivity index is 1.84. The van der Waals surface area contributed by atoms with E-state index in [1.165, 1.54) is 10.8 Å². The number of hydrogen-bond acceptors (Lipinski definition) is 2. The van der Waals surface area contributed by atoms with E-state index >= 15 is 0 Å². The minimum absolute atomic E-state index is 0.0677. The lowest BCUT2D eigenvalue weighted by molar-refractivity contribution is 0.0939. The topological polar surface area (TPSA) is 41.1 Å². The summed E-state index contributed by atoms with van der Waals surface area (Å²) >= 11 is 0. The Morgan fingerprint density at radius 3 is 2.60 bits per heavy atom. The van der Waals surface area contributed by atoms with Gasteiger partial charge < -0.3 is 10.6 Å². The van der Waals surface area contributed by atoms with Crippen LogP contribution >= 0.6 is 0 Å². The molecule has 0 heterocycles. The molecular weight excluding hydrogens is 308 g/mol. The van der Waals surface area contributed by atoms with Crippen molar-refractivity contribution >= 4 is 16.7 Å². The van der Waals surface area contributed by atoms with E-state index in [-0.39, 0.29) is 11.9 Å². The molecule has 0 saturated carbocycles. The third-order valence-electron chi connectivity index (χ3n) is 4.34. The highest BCUT2D eigenvalue weighted by Gasteiger charge is 2.15. The van der Waals surface area contributed by atoms with Crippen molar-refractivity contribution in [1.82, 2.24) is 10.6 Å². The standard InChI is InChI=1S/C22H22N2O/c1-3-23-15-18-10-5-7-13-21(18)22(25)24-16(2)19-14-8-11-17-9-4-6-12-20(17)19/h3-14,16,23H,1,15H2,2H3,(H,24,25). The lowest BCUT2D eigenvalue weighted by atomic mass is 9.99. The van der Waals surface area contributed by atoms with Crippen molar-refractivity contribution < 1.29 is 4.79 Å². The second-order valence-corrected chi connectivity index (χ2v) is 6.01. The fourth-order valence-corrected chi connectivity index (χ4v) is 3.06. The molecule has 0 aromatic heterocycles. The third kappa shape index (κ3) is 3.72. The van der Waals surface area contributed by atoms with E-state index in [2.05, 4.69) is 41.5 Å². The first-order valence-corrected chi connectivity index (χ1v) is 8.41. The summed E-state index contributed by atoms with van der Waals surface area (Å²) in [6, 6.07) is 22.0. The maximum atomic E-state index is 12.8. The summed E-state index contributed by atoms with van der Waals surface area (Å²) in [5.41, 5.74) is 2.75. The molecular formula is C22H22N2O. The van der Waals surface area contributed by atoms with Crippen LogP contribution in [0.4, 0.5) is 0 Å². The summed E-state index contributed by atoms with van der Waals surface area (Å²) in [5, 5.41) is 8.53. The molecule has 126 valence electrons. The van der Waals surface area contributed by atoms with Gasteiger partial charge in [0.1, 0.15) is 0 Å². The number of carbonyl (C=O) groups is 1. The molecule has 1 unspecified atom stereocenters. The second kappa shape index (κ2) is 7.67. The van der Waals surface area contributed by atoms with Crippen molar-refractivity contribution in [2.24, 2.45) is 0 Å². The van der Waals surface area contributed by atoms with Gasteiger partial charge in [0, 0.05) is 12.1 Å². The second-order valence-electron chi connectivity index (χ2n) is 6.01. The van der Waals surface area contributed by atoms with Gasteiger partial charge in [0.05, 0.1) is 6.04 Å². The molecule has 0 radical (unpaired) electrons. The van der Waals surface area contributed by atoms with Gasteiger partial charge in [0.15, 0.2) is 0 Å². The Labute approximate surface area is 148 Å². The van der Waals surface area contributed by atoms with E-state index in [4.69, 9.17) is 0 Å². The maximum absolute atomic E-state index is 12.8. The van der Waals surface area contributed by atoms with E-state index in [0.717, 1.165) is 11.1 Å². The highest BCUT2D eigenvalue weighted by Crippen LogP contribution is 2.24. The van der Waals surface area contributed by atoms with E-state index in [9.17, 15) is 4.79 Å². The summed E-state index contributed by atoms with van der Waals surface area (Å²) in [5.74, 6) is -0.0677. The molecule has 3 aromatic rings. The molecule has 0 fully saturated rings. The van der Waals surface area contributed by atoms with Crippen LogP contribution in [-0.2, 0) is 6.54 Å². The molecule has 3 nitrogen and oxygen atoms in total. The van der Waals surface area contributed by atoms with E-state index in [1.807, 2.05) is 49.4 Å². The number of amides is 1. The van der Waals surface area contributed by atoms with Crippen molar-refractivity contribution in [1.29, 1.82) is 0 Å². The monoisotopic (exact) mass is 330 g/mol. The number of hydrogen-bond donors (Lipinski definition) is 2. The van der Waals surface area contributed by atoms with Crippen molar-refractivity contribution in [3.8, 4) is 0 Å². The van der Waals surface area contributed by atoms with Gasteiger partial charge in [-0.3, -0.25) is 4.79 Å². The Kier molecular flexibility index (Phi) is 5.14. The summed E-state index contributed by atoms with van der Waals surface area (Å²) in [7, 11) is 0. The molecule has 0 spiro atoms. The van der Waals surface area contributed by atoms with Crippen LogP contribution in [0.5, 0.6) is 0 Å². The summed E-state index contributed by atoms with van der Waals surface area (Å²) in [6.07, 6.45) is 1.63. The normalized spacial score (nSPS) is 11.7. The van der Waals surface area contributed by atoms with Gasteiger partial charge in [-0.2, -0.15) is 0 Å². The molecule has 0 aliphatic carbocycles. The SMILES string of the molecule is C=CNCc1ccccc1C(=O)NC(C)c1cccc2ccccc12. The highest BCUT2D eigenvalue weighted by atomic mass is 16.1. The predicted molar refractivity (Wildman–Crippen MR) is 103 cm³/mol. The smallest absolute Gasteiger partial charge is 0.252 e. The van der Waals surface area contributed by atoms with Crippen molar-refractivity contribution in [2.75, 3.05) is 0 Å². The van der Waals surface area contributed by atoms with Crippen LogP contribution in [0.15, 0.2) is 79.5 Å². The zero-order chi connectivity index (χ0) is 17.6. The van der Waals surface area contributed by atoms with E-state index < -0.39 is 0 Å². The minimum Gasteiger partial charge on any atom is -0.387 e. The zero-order valence-corrected chi connectivity index (χ0v) is 14.3. The molecule has 3 heteroatoms. The van der Waals surface area contributed by atoms with E-state index in [0.29, 0.717) is 12.1 Å². The van der Waals surface area contributed by atoms with Gasteiger partial charge in [-0.25, -0.2) is 0 Å². The van der Waals surface area contributed by atoms with Crippen LogP contribution < -0.4 is 10.6 Å². The molecule has 1 atom stereocenters. The number of rotatable bonds is 6. The molecule has 0 aliphatic rings. The Hall–Kier alpha value is -3.07. The first-order chi connectivity index (χ1) is 12.2. The summed E-state index contributed by atoms with van der Waals surface area (Å²) in [4.78, 5) is 12.8. The van der Waals surface area contributed by atoms with Gasteiger partial charge in [0.25, 0.3) is 5.91 Å². The lowest BCUT2D eigenvalue weighted by Crippen LogP contribution is -2.28. The van der Waals surface area contributed by atoms with Crippen LogP contribution in [0.2, 0.25) is 0 Å². The lowest BCUT2D eigenvalue weighted by Gasteiger charge is -2.18. The van der Waals surface area contributed by atoms with E-state index in [1.54, 1.807) is 6.20 Å². The van der Waals surface area contributed by atoms with Gasteiger partial charge in [-0.05, 0) is 41.1 Å². The molecule has 0 bridgehead atoms. The average Bonchev–Trinajstić information content (AvgIpc) is 2.66. The van der Waals surface area contributed by atoms with Crippen LogP contribution in [-0.4, -0.2) is 5.91 Å². The van der Waals surface area contributed by atoms with Crippen LogP contribution in [0, 0.1) is 0 Å². The van der Waals surface area contributed by atoms with Crippen LogP contribution in [0.3, 0.4) is 0 Å². The van der Waals surface area contributed by atoms with Crippen LogP contribution in [0.25, 0.3) is 10.8 Å². The summed E-state index contributed by atoms with van der Waals surface area (Å²) in [6.45, 7) is 6.25.